The van der Waals surface area contributed by atoms with Crippen LogP contribution in [0.3, 0.4) is 0 Å². The summed E-state index contributed by atoms with van der Waals surface area (Å²) in [4.78, 5) is 43.0. The zero-order valence-corrected chi connectivity index (χ0v) is 24.4. The van der Waals surface area contributed by atoms with Gasteiger partial charge < -0.3 is 19.9 Å². The van der Waals surface area contributed by atoms with Gasteiger partial charge in [-0.05, 0) is 81.3 Å². The Morgan fingerprint density at radius 1 is 0.786 bits per heavy atom. The molecule has 42 heavy (non-hydrogen) atoms. The van der Waals surface area contributed by atoms with Gasteiger partial charge in [0.15, 0.2) is 0 Å². The number of hydrogen-bond acceptors (Lipinski definition) is 5. The number of amides is 2. The van der Waals surface area contributed by atoms with E-state index in [9.17, 15) is 14.4 Å². The average Bonchev–Trinajstić information content (AvgIpc) is 2.97. The van der Waals surface area contributed by atoms with Gasteiger partial charge in [0.1, 0.15) is 12.1 Å². The molecule has 4 aromatic rings. The first-order chi connectivity index (χ1) is 20.1. The standard InChI is InChI=1S/C35H35N3O4/c1-24-13-15-25(16-14-24)28-9-5-6-10-29(28)33(40)36-27-19-17-26(18-20-27)34(41)38-22-21-37(23-32(39)42-35(2,3)4)30-11-7-8-12-31(30)38/h5-20H,21-23H2,1-4H3,(H,36,40). The Hall–Kier alpha value is -4.91. The van der Waals surface area contributed by atoms with Gasteiger partial charge in [-0.15, -0.1) is 0 Å². The van der Waals surface area contributed by atoms with Crippen LogP contribution in [-0.2, 0) is 9.53 Å². The molecule has 0 saturated heterocycles. The third-order valence-electron chi connectivity index (χ3n) is 7.02. The number of anilines is 3. The van der Waals surface area contributed by atoms with Crippen LogP contribution in [0.5, 0.6) is 0 Å². The van der Waals surface area contributed by atoms with Crippen molar-refractivity contribution in [1.82, 2.24) is 0 Å². The number of nitrogens with one attached hydrogen (secondary N) is 1. The van der Waals surface area contributed by atoms with Crippen molar-refractivity contribution < 1.29 is 19.1 Å². The molecule has 0 bridgehead atoms. The number of hydrogen-bond donors (Lipinski definition) is 1. The maximum absolute atomic E-state index is 13.6. The van der Waals surface area contributed by atoms with Crippen molar-refractivity contribution in [3.05, 3.63) is 114 Å². The molecule has 0 aliphatic carbocycles. The Morgan fingerprint density at radius 2 is 1.43 bits per heavy atom. The van der Waals surface area contributed by atoms with Crippen LogP contribution in [0.2, 0.25) is 0 Å². The van der Waals surface area contributed by atoms with Crippen LogP contribution >= 0.6 is 0 Å². The second-order valence-corrected chi connectivity index (χ2v) is 11.4. The molecule has 0 atom stereocenters. The topological polar surface area (TPSA) is 79.0 Å². The van der Waals surface area contributed by atoms with E-state index in [0.29, 0.717) is 29.9 Å². The minimum Gasteiger partial charge on any atom is -0.459 e. The Morgan fingerprint density at radius 3 is 2.12 bits per heavy atom. The summed E-state index contributed by atoms with van der Waals surface area (Å²) in [5.41, 5.74) is 5.63. The summed E-state index contributed by atoms with van der Waals surface area (Å²) in [5, 5.41) is 2.97. The summed E-state index contributed by atoms with van der Waals surface area (Å²) in [6.45, 7) is 8.59. The third-order valence-corrected chi connectivity index (χ3v) is 7.02. The molecule has 1 aliphatic rings. The number of ether oxygens (including phenoxy) is 1. The average molecular weight is 562 g/mol. The maximum atomic E-state index is 13.6. The van der Waals surface area contributed by atoms with Crippen LogP contribution in [0.1, 0.15) is 47.1 Å². The molecule has 1 N–H and O–H groups in total. The molecule has 0 spiro atoms. The van der Waals surface area contributed by atoms with Crippen molar-refractivity contribution in [1.29, 1.82) is 0 Å². The zero-order chi connectivity index (χ0) is 29.9. The largest absolute Gasteiger partial charge is 0.459 e. The van der Waals surface area contributed by atoms with Crippen molar-refractivity contribution in [2.24, 2.45) is 0 Å². The highest BCUT2D eigenvalue weighted by atomic mass is 16.6. The van der Waals surface area contributed by atoms with Gasteiger partial charge in [-0.25, -0.2) is 0 Å². The van der Waals surface area contributed by atoms with E-state index in [1.807, 2.05) is 105 Å². The lowest BCUT2D eigenvalue weighted by Crippen LogP contribution is -2.46. The first kappa shape index (κ1) is 28.6. The summed E-state index contributed by atoms with van der Waals surface area (Å²) >= 11 is 0. The Balaban J connectivity index is 1.29. The van der Waals surface area contributed by atoms with E-state index < -0.39 is 5.60 Å². The van der Waals surface area contributed by atoms with E-state index in [0.717, 1.165) is 28.1 Å². The maximum Gasteiger partial charge on any atom is 0.326 e. The summed E-state index contributed by atoms with van der Waals surface area (Å²) in [5.74, 6) is -0.682. The minimum atomic E-state index is -0.565. The van der Waals surface area contributed by atoms with Gasteiger partial charge in [-0.3, -0.25) is 14.4 Å². The van der Waals surface area contributed by atoms with Gasteiger partial charge in [0, 0.05) is 29.9 Å². The quantitative estimate of drug-likeness (QED) is 0.264. The van der Waals surface area contributed by atoms with Crippen LogP contribution in [0.25, 0.3) is 11.1 Å². The SMILES string of the molecule is Cc1ccc(-c2ccccc2C(=O)Nc2ccc(C(=O)N3CCN(CC(=O)OC(C)(C)C)c4ccccc43)cc2)cc1. The van der Waals surface area contributed by atoms with Gasteiger partial charge in [-0.1, -0.05) is 60.2 Å². The van der Waals surface area contributed by atoms with E-state index in [1.54, 1.807) is 29.2 Å². The number of rotatable bonds is 6. The highest BCUT2D eigenvalue weighted by Crippen LogP contribution is 2.34. The molecule has 2 amide bonds. The molecule has 0 radical (unpaired) electrons. The number of carbonyl (C=O) groups excluding carboxylic acids is 3. The number of nitrogens with zero attached hydrogens (tertiary/aromatic N) is 2. The summed E-state index contributed by atoms with van der Waals surface area (Å²) in [6.07, 6.45) is 0. The number of fused-ring (bicyclic) bond motifs is 1. The smallest absolute Gasteiger partial charge is 0.326 e. The summed E-state index contributed by atoms with van der Waals surface area (Å²) < 4.78 is 5.51. The highest BCUT2D eigenvalue weighted by molar-refractivity contribution is 6.10. The third kappa shape index (κ3) is 6.52. The molecular weight excluding hydrogens is 526 g/mol. The van der Waals surface area contributed by atoms with Gasteiger partial charge in [0.05, 0.1) is 11.4 Å². The predicted molar refractivity (Wildman–Crippen MR) is 167 cm³/mol. The van der Waals surface area contributed by atoms with Crippen molar-refractivity contribution in [3.63, 3.8) is 0 Å². The van der Waals surface area contributed by atoms with E-state index in [4.69, 9.17) is 4.74 Å². The molecule has 1 heterocycles. The number of para-hydroxylation sites is 2. The van der Waals surface area contributed by atoms with E-state index in [2.05, 4.69) is 5.32 Å². The minimum absolute atomic E-state index is 0.109. The fourth-order valence-electron chi connectivity index (χ4n) is 5.04. The Kier molecular flexibility index (Phi) is 8.11. The summed E-state index contributed by atoms with van der Waals surface area (Å²) in [7, 11) is 0. The van der Waals surface area contributed by atoms with Gasteiger partial charge in [-0.2, -0.15) is 0 Å². The van der Waals surface area contributed by atoms with Crippen LogP contribution in [0, 0.1) is 6.92 Å². The number of carbonyl (C=O) groups is 3. The Labute approximate surface area is 246 Å². The monoisotopic (exact) mass is 561 g/mol. The highest BCUT2D eigenvalue weighted by Gasteiger charge is 2.29. The fraction of sp³-hybridized carbons (Fsp3) is 0.229. The van der Waals surface area contributed by atoms with Gasteiger partial charge in [0.25, 0.3) is 11.8 Å². The van der Waals surface area contributed by atoms with Gasteiger partial charge >= 0.3 is 5.97 Å². The molecular formula is C35H35N3O4. The van der Waals surface area contributed by atoms with E-state index in [1.165, 1.54) is 0 Å². The molecule has 5 rings (SSSR count). The molecule has 0 aromatic heterocycles. The number of benzene rings is 4. The lowest BCUT2D eigenvalue weighted by molar-refractivity contribution is -0.153. The van der Waals surface area contributed by atoms with Crippen LogP contribution < -0.4 is 15.1 Å². The van der Waals surface area contributed by atoms with Crippen LogP contribution in [0.15, 0.2) is 97.1 Å². The van der Waals surface area contributed by atoms with Crippen LogP contribution in [0.4, 0.5) is 17.1 Å². The van der Waals surface area contributed by atoms with Crippen molar-refractivity contribution in [3.8, 4) is 11.1 Å². The molecule has 0 saturated carbocycles. The molecule has 0 fully saturated rings. The fourth-order valence-corrected chi connectivity index (χ4v) is 5.04. The molecule has 4 aromatic carbocycles. The number of esters is 1. The molecule has 1 aliphatic heterocycles. The summed E-state index contributed by atoms with van der Waals surface area (Å²) in [6, 6.07) is 30.1. The van der Waals surface area contributed by atoms with Crippen LogP contribution in [-0.4, -0.2) is 43.0 Å². The molecule has 7 nitrogen and oxygen atoms in total. The second kappa shape index (κ2) is 11.9. The first-order valence-corrected chi connectivity index (χ1v) is 14.0. The molecule has 214 valence electrons. The lowest BCUT2D eigenvalue weighted by Gasteiger charge is -2.37. The Bertz CT molecular complexity index is 1600. The van der Waals surface area contributed by atoms with Crippen molar-refractivity contribution in [2.75, 3.05) is 34.8 Å². The second-order valence-electron chi connectivity index (χ2n) is 11.4. The van der Waals surface area contributed by atoms with E-state index in [-0.39, 0.29) is 24.3 Å². The van der Waals surface area contributed by atoms with Gasteiger partial charge in [0.2, 0.25) is 0 Å². The van der Waals surface area contributed by atoms with Crippen molar-refractivity contribution >= 4 is 34.8 Å². The molecule has 7 heteroatoms. The zero-order valence-electron chi connectivity index (χ0n) is 24.4. The van der Waals surface area contributed by atoms with Crippen molar-refractivity contribution in [2.45, 2.75) is 33.3 Å². The first-order valence-electron chi connectivity index (χ1n) is 14.0. The normalized spacial score (nSPS) is 12.9. The van der Waals surface area contributed by atoms with E-state index >= 15 is 0 Å². The predicted octanol–water partition coefficient (Wildman–Crippen LogP) is 6.72. The lowest BCUT2D eigenvalue weighted by atomic mass is 9.98. The molecule has 0 unspecified atom stereocenters. The number of aryl methyl sites for hydroxylation is 1.